The fraction of sp³-hybridized carbons (Fsp3) is 0.222. The molecular weight excluding hydrogens is 412 g/mol. The average molecular weight is 439 g/mol. The summed E-state index contributed by atoms with van der Waals surface area (Å²) in [6.07, 6.45) is 3.78. The van der Waals surface area contributed by atoms with E-state index in [1.54, 1.807) is 0 Å². The van der Waals surface area contributed by atoms with Crippen LogP contribution in [0.15, 0.2) is 85.1 Å². The number of benzene rings is 2. The van der Waals surface area contributed by atoms with Crippen LogP contribution in [-0.2, 0) is 6.54 Å². The van der Waals surface area contributed by atoms with Crippen molar-refractivity contribution < 1.29 is 9.59 Å². The summed E-state index contributed by atoms with van der Waals surface area (Å²) in [6, 6.07) is 25.0. The highest BCUT2D eigenvalue weighted by atomic mass is 16.2. The van der Waals surface area contributed by atoms with Crippen LogP contribution in [0.1, 0.15) is 51.0 Å². The van der Waals surface area contributed by atoms with E-state index < -0.39 is 0 Å². The molecule has 1 atom stereocenters. The predicted molar refractivity (Wildman–Crippen MR) is 127 cm³/mol. The lowest BCUT2D eigenvalue weighted by Gasteiger charge is -2.32. The molecule has 0 spiro atoms. The van der Waals surface area contributed by atoms with Crippen LogP contribution < -0.4 is 5.32 Å². The number of likely N-dealkylation sites (tertiary alicyclic amines) is 1. The highest BCUT2D eigenvalue weighted by Crippen LogP contribution is 2.29. The number of hydrogen-bond donors (Lipinski definition) is 1. The summed E-state index contributed by atoms with van der Waals surface area (Å²) < 4.78 is 2.00. The molecule has 1 N–H and O–H groups in total. The number of fused-ring (bicyclic) bond motifs is 1. The number of nitrogens with one attached hydrogen (secondary N) is 1. The Labute approximate surface area is 192 Å². The van der Waals surface area contributed by atoms with Crippen molar-refractivity contribution in [1.29, 1.82) is 0 Å². The maximum Gasteiger partial charge on any atom is 0.272 e. The van der Waals surface area contributed by atoms with Gasteiger partial charge in [0.15, 0.2) is 5.69 Å². The van der Waals surface area contributed by atoms with E-state index in [1.165, 1.54) is 0 Å². The van der Waals surface area contributed by atoms with E-state index >= 15 is 0 Å². The third-order valence-electron chi connectivity index (χ3n) is 6.18. The maximum absolute atomic E-state index is 13.0. The van der Waals surface area contributed by atoms with Crippen molar-refractivity contribution in [3.63, 3.8) is 0 Å². The van der Waals surface area contributed by atoms with Crippen LogP contribution in [-0.4, -0.2) is 39.2 Å². The van der Waals surface area contributed by atoms with Crippen molar-refractivity contribution in [2.24, 2.45) is 0 Å². The molecule has 3 heterocycles. The van der Waals surface area contributed by atoms with Gasteiger partial charge in [0, 0.05) is 37.3 Å². The van der Waals surface area contributed by atoms with Crippen LogP contribution in [0.4, 0.5) is 0 Å². The molecule has 4 aromatic rings. The molecule has 166 valence electrons. The molecule has 1 aliphatic heterocycles. The van der Waals surface area contributed by atoms with Crippen LogP contribution in [0.25, 0.3) is 5.52 Å². The number of imidazole rings is 1. The molecule has 1 saturated heterocycles. The third-order valence-corrected chi connectivity index (χ3v) is 6.18. The van der Waals surface area contributed by atoms with Crippen molar-refractivity contribution >= 4 is 17.3 Å². The van der Waals surface area contributed by atoms with Gasteiger partial charge in [-0.15, -0.1) is 0 Å². The minimum absolute atomic E-state index is 0.0435. The topological polar surface area (TPSA) is 66.7 Å². The van der Waals surface area contributed by atoms with Crippen molar-refractivity contribution in [2.75, 3.05) is 13.1 Å². The van der Waals surface area contributed by atoms with Gasteiger partial charge in [-0.05, 0) is 42.7 Å². The number of piperidine rings is 1. The Morgan fingerprint density at radius 3 is 2.45 bits per heavy atom. The van der Waals surface area contributed by atoms with E-state index in [0.717, 1.165) is 36.3 Å². The second-order valence-electron chi connectivity index (χ2n) is 8.40. The van der Waals surface area contributed by atoms with Crippen LogP contribution >= 0.6 is 0 Å². The molecule has 0 saturated carbocycles. The summed E-state index contributed by atoms with van der Waals surface area (Å²) in [4.78, 5) is 32.8. The molecule has 2 aromatic heterocycles. The fourth-order valence-corrected chi connectivity index (χ4v) is 4.51. The van der Waals surface area contributed by atoms with E-state index in [4.69, 9.17) is 4.98 Å². The first-order valence-corrected chi connectivity index (χ1v) is 11.3. The Morgan fingerprint density at radius 1 is 0.939 bits per heavy atom. The van der Waals surface area contributed by atoms with Crippen LogP contribution in [0.5, 0.6) is 0 Å². The molecular formula is C27H26N4O2. The Balaban J connectivity index is 1.39. The molecule has 0 radical (unpaired) electrons. The minimum atomic E-state index is -0.193. The van der Waals surface area contributed by atoms with Gasteiger partial charge in [-0.25, -0.2) is 4.98 Å². The highest BCUT2D eigenvalue weighted by molar-refractivity contribution is 5.99. The Morgan fingerprint density at radius 2 is 1.67 bits per heavy atom. The summed E-state index contributed by atoms with van der Waals surface area (Å²) in [5.74, 6) is 0.752. The van der Waals surface area contributed by atoms with Gasteiger partial charge in [0.1, 0.15) is 5.82 Å². The maximum atomic E-state index is 13.0. The number of aromatic nitrogens is 2. The monoisotopic (exact) mass is 438 g/mol. The lowest BCUT2D eigenvalue weighted by Crippen LogP contribution is -2.39. The number of carbonyl (C=O) groups is 2. The zero-order valence-corrected chi connectivity index (χ0v) is 18.4. The zero-order valence-electron chi connectivity index (χ0n) is 18.4. The van der Waals surface area contributed by atoms with E-state index in [1.807, 2.05) is 94.4 Å². The van der Waals surface area contributed by atoms with Gasteiger partial charge < -0.3 is 14.6 Å². The Bertz CT molecular complexity index is 1270. The van der Waals surface area contributed by atoms with Crippen molar-refractivity contribution in [3.05, 3.63) is 108 Å². The second kappa shape index (κ2) is 9.28. The smallest absolute Gasteiger partial charge is 0.272 e. The van der Waals surface area contributed by atoms with E-state index in [2.05, 4.69) is 5.32 Å². The second-order valence-corrected chi connectivity index (χ2v) is 8.40. The normalized spacial score (nSPS) is 16.0. The molecule has 2 amide bonds. The van der Waals surface area contributed by atoms with Gasteiger partial charge in [0.2, 0.25) is 0 Å². The van der Waals surface area contributed by atoms with E-state index in [9.17, 15) is 9.59 Å². The fourth-order valence-electron chi connectivity index (χ4n) is 4.51. The first-order valence-electron chi connectivity index (χ1n) is 11.3. The molecule has 0 aliphatic carbocycles. The number of hydrogen-bond acceptors (Lipinski definition) is 3. The summed E-state index contributed by atoms with van der Waals surface area (Å²) in [5.41, 5.74) is 2.95. The van der Waals surface area contributed by atoms with E-state index in [0.29, 0.717) is 24.3 Å². The lowest BCUT2D eigenvalue weighted by molar-refractivity contribution is 0.0703. The largest absolute Gasteiger partial charge is 0.347 e. The lowest BCUT2D eigenvalue weighted by atomic mass is 9.96. The highest BCUT2D eigenvalue weighted by Gasteiger charge is 2.29. The first kappa shape index (κ1) is 20.9. The van der Waals surface area contributed by atoms with Gasteiger partial charge >= 0.3 is 0 Å². The van der Waals surface area contributed by atoms with Crippen LogP contribution in [0.2, 0.25) is 0 Å². The standard InChI is InChI=1S/C27H26N4O2/c32-26(28-18-20-10-3-1-4-11-20)24-23-15-7-8-17-31(23)25(29-24)22-14-9-16-30(19-22)27(33)21-12-5-2-6-13-21/h1-8,10-13,15,17,22H,9,14,16,18-19H2,(H,28,32)/t22-/m0/s1. The quantitative estimate of drug-likeness (QED) is 0.506. The van der Waals surface area contributed by atoms with Gasteiger partial charge in [0.05, 0.1) is 5.52 Å². The van der Waals surface area contributed by atoms with E-state index in [-0.39, 0.29) is 17.7 Å². The van der Waals surface area contributed by atoms with Gasteiger partial charge in [-0.2, -0.15) is 0 Å². The number of amides is 2. The zero-order chi connectivity index (χ0) is 22.6. The summed E-state index contributed by atoms with van der Waals surface area (Å²) in [7, 11) is 0. The summed E-state index contributed by atoms with van der Waals surface area (Å²) in [5, 5.41) is 2.99. The van der Waals surface area contributed by atoms with Crippen molar-refractivity contribution in [3.8, 4) is 0 Å². The average Bonchev–Trinajstić information content (AvgIpc) is 3.28. The van der Waals surface area contributed by atoms with Gasteiger partial charge in [-0.3, -0.25) is 9.59 Å². The molecule has 6 heteroatoms. The molecule has 1 aliphatic rings. The van der Waals surface area contributed by atoms with Crippen LogP contribution in [0.3, 0.4) is 0 Å². The summed E-state index contributed by atoms with van der Waals surface area (Å²) in [6.45, 7) is 1.77. The molecule has 0 bridgehead atoms. The number of nitrogens with zero attached hydrogens (tertiary/aromatic N) is 3. The molecule has 0 unspecified atom stereocenters. The third kappa shape index (κ3) is 4.37. The Hall–Kier alpha value is -3.93. The predicted octanol–water partition coefficient (Wildman–Crippen LogP) is 4.28. The van der Waals surface area contributed by atoms with Crippen molar-refractivity contribution in [1.82, 2.24) is 19.6 Å². The molecule has 33 heavy (non-hydrogen) atoms. The molecule has 2 aromatic carbocycles. The SMILES string of the molecule is O=C(NCc1ccccc1)c1nc([C@H]2CCCN(C(=O)c3ccccc3)C2)n2ccccc12. The number of rotatable bonds is 5. The molecule has 1 fully saturated rings. The summed E-state index contributed by atoms with van der Waals surface area (Å²) >= 11 is 0. The minimum Gasteiger partial charge on any atom is -0.347 e. The first-order chi connectivity index (χ1) is 16.2. The Kier molecular flexibility index (Phi) is 5.89. The molecule has 6 nitrogen and oxygen atoms in total. The van der Waals surface area contributed by atoms with Gasteiger partial charge in [-0.1, -0.05) is 54.6 Å². The molecule has 5 rings (SSSR count). The number of carbonyl (C=O) groups excluding carboxylic acids is 2. The van der Waals surface area contributed by atoms with Crippen molar-refractivity contribution in [2.45, 2.75) is 25.3 Å². The number of pyridine rings is 1. The van der Waals surface area contributed by atoms with Gasteiger partial charge in [0.25, 0.3) is 11.8 Å². The van der Waals surface area contributed by atoms with Crippen LogP contribution in [0, 0.1) is 0 Å².